The van der Waals surface area contributed by atoms with Gasteiger partial charge in [0.15, 0.2) is 9.84 Å². The fourth-order valence-corrected chi connectivity index (χ4v) is 3.37. The van der Waals surface area contributed by atoms with E-state index in [1.807, 2.05) is 0 Å². The molecule has 0 spiro atoms. The fraction of sp³-hybridized carbons (Fsp3) is 0.500. The third kappa shape index (κ3) is 4.33. The molecule has 2 aromatic rings. The van der Waals surface area contributed by atoms with E-state index in [0.29, 0.717) is 26.3 Å². The van der Waals surface area contributed by atoms with Gasteiger partial charge in [-0.2, -0.15) is 13.2 Å². The molecule has 164 valence electrons. The first kappa shape index (κ1) is 22.2. The molecule has 0 amide bonds. The lowest BCUT2D eigenvalue weighted by atomic mass is 10.0. The van der Waals surface area contributed by atoms with Crippen molar-refractivity contribution >= 4 is 21.6 Å². The Morgan fingerprint density at radius 1 is 1.13 bits per heavy atom. The van der Waals surface area contributed by atoms with E-state index in [9.17, 15) is 21.6 Å². The van der Waals surface area contributed by atoms with Crippen molar-refractivity contribution in [3.8, 4) is 11.3 Å². The lowest BCUT2D eigenvalue weighted by molar-refractivity contribution is -0.137. The van der Waals surface area contributed by atoms with Crippen LogP contribution in [-0.2, 0) is 25.5 Å². The van der Waals surface area contributed by atoms with Crippen LogP contribution in [0.1, 0.15) is 25.1 Å². The Labute approximate surface area is 172 Å². The number of hydrogen-bond donors (Lipinski definition) is 1. The number of nitrogen functional groups attached to an aromatic ring is 1. The molecular formula is C18H22F3N5O3S. The first-order valence-electron chi connectivity index (χ1n) is 9.05. The number of hydrogen-bond acceptors (Lipinski definition) is 8. The maximum Gasteiger partial charge on any atom is 0.417 e. The van der Waals surface area contributed by atoms with E-state index in [0.717, 1.165) is 18.5 Å². The van der Waals surface area contributed by atoms with Crippen LogP contribution in [0.25, 0.3) is 11.3 Å². The molecule has 2 aromatic heterocycles. The molecular weight excluding hydrogens is 423 g/mol. The highest BCUT2D eigenvalue weighted by Crippen LogP contribution is 2.39. The third-order valence-corrected chi connectivity index (χ3v) is 7.12. The van der Waals surface area contributed by atoms with Crippen LogP contribution in [0, 0.1) is 0 Å². The lowest BCUT2D eigenvalue weighted by Gasteiger charge is -2.29. The van der Waals surface area contributed by atoms with Crippen LogP contribution in [0.15, 0.2) is 18.3 Å². The molecule has 0 radical (unpaired) electrons. The van der Waals surface area contributed by atoms with Crippen molar-refractivity contribution in [2.24, 2.45) is 0 Å². The molecule has 12 heteroatoms. The number of nitrogens with two attached hydrogens (primary N) is 1. The second-order valence-corrected chi connectivity index (χ2v) is 10.0. The van der Waals surface area contributed by atoms with Crippen LogP contribution in [-0.4, -0.2) is 55.9 Å². The Bertz CT molecular complexity index is 1050. The zero-order valence-corrected chi connectivity index (χ0v) is 17.5. The third-order valence-electron chi connectivity index (χ3n) is 5.06. The predicted molar refractivity (Wildman–Crippen MR) is 106 cm³/mol. The maximum atomic E-state index is 13.6. The summed E-state index contributed by atoms with van der Waals surface area (Å²) in [6.07, 6.45) is -2.67. The number of halogens is 3. The van der Waals surface area contributed by atoms with E-state index in [1.54, 1.807) is 4.90 Å². The highest BCUT2D eigenvalue weighted by atomic mass is 32.2. The van der Waals surface area contributed by atoms with Gasteiger partial charge in [0.25, 0.3) is 0 Å². The van der Waals surface area contributed by atoms with Gasteiger partial charge in [0, 0.05) is 31.1 Å². The minimum atomic E-state index is -4.71. The van der Waals surface area contributed by atoms with Gasteiger partial charge in [0.1, 0.15) is 10.6 Å². The molecule has 3 heterocycles. The van der Waals surface area contributed by atoms with E-state index < -0.39 is 26.3 Å². The standard InChI is InChI=1S/C18H22F3N5O3S/c1-17(2,30(3,27)28)14-9-13(24-16(25-14)26-4-6-29-7-5-26)11-10-23-15(22)8-12(11)18(19,20)21/h8-10H,4-7H2,1-3H3,(H2,22,23). The average molecular weight is 445 g/mol. The summed E-state index contributed by atoms with van der Waals surface area (Å²) in [7, 11) is -3.64. The number of aromatic nitrogens is 3. The van der Waals surface area contributed by atoms with Crippen molar-refractivity contribution in [1.29, 1.82) is 0 Å². The predicted octanol–water partition coefficient (Wildman–Crippen LogP) is 2.26. The van der Waals surface area contributed by atoms with Crippen molar-refractivity contribution in [3.05, 3.63) is 29.6 Å². The van der Waals surface area contributed by atoms with Crippen LogP contribution in [0.2, 0.25) is 0 Å². The molecule has 1 aliphatic rings. The van der Waals surface area contributed by atoms with Gasteiger partial charge in [-0.25, -0.2) is 23.4 Å². The molecule has 2 N–H and O–H groups in total. The van der Waals surface area contributed by atoms with Gasteiger partial charge in [0.2, 0.25) is 5.95 Å². The first-order chi connectivity index (χ1) is 13.8. The molecule has 1 saturated heterocycles. The molecule has 3 rings (SSSR count). The fourth-order valence-electron chi connectivity index (χ4n) is 2.89. The normalized spacial score (nSPS) is 16.0. The number of alkyl halides is 3. The van der Waals surface area contributed by atoms with Gasteiger partial charge < -0.3 is 15.4 Å². The number of nitrogens with zero attached hydrogens (tertiary/aromatic N) is 4. The summed E-state index contributed by atoms with van der Waals surface area (Å²) in [6, 6.07) is 1.99. The molecule has 8 nitrogen and oxygen atoms in total. The number of morpholine rings is 1. The van der Waals surface area contributed by atoms with Crippen LogP contribution in [0.5, 0.6) is 0 Å². The zero-order chi connectivity index (χ0) is 22.3. The molecule has 0 unspecified atom stereocenters. The van der Waals surface area contributed by atoms with Crippen molar-refractivity contribution in [2.45, 2.75) is 24.8 Å². The minimum absolute atomic E-state index is 0.0847. The molecule has 0 bridgehead atoms. The largest absolute Gasteiger partial charge is 0.417 e. The topological polar surface area (TPSA) is 111 Å². The van der Waals surface area contributed by atoms with Crippen molar-refractivity contribution in [3.63, 3.8) is 0 Å². The molecule has 0 aromatic carbocycles. The van der Waals surface area contributed by atoms with Crippen molar-refractivity contribution in [1.82, 2.24) is 15.0 Å². The number of sulfone groups is 1. The summed E-state index contributed by atoms with van der Waals surface area (Å²) >= 11 is 0. The van der Waals surface area contributed by atoms with Gasteiger partial charge >= 0.3 is 6.18 Å². The summed E-state index contributed by atoms with van der Waals surface area (Å²) in [5.41, 5.74) is 4.14. The summed E-state index contributed by atoms with van der Waals surface area (Å²) in [5.74, 6) is -0.155. The smallest absolute Gasteiger partial charge is 0.384 e. The number of rotatable bonds is 4. The van der Waals surface area contributed by atoms with Gasteiger partial charge in [-0.1, -0.05) is 0 Å². The SMILES string of the molecule is CC(C)(c1cc(-c2cnc(N)cc2C(F)(F)F)nc(N2CCOCC2)n1)S(C)(=O)=O. The molecule has 30 heavy (non-hydrogen) atoms. The summed E-state index contributed by atoms with van der Waals surface area (Å²) in [6.45, 7) is 4.54. The van der Waals surface area contributed by atoms with Crippen molar-refractivity contribution < 1.29 is 26.3 Å². The number of pyridine rings is 1. The monoisotopic (exact) mass is 445 g/mol. The summed E-state index contributed by atoms with van der Waals surface area (Å²) in [5, 5.41) is 0. The van der Waals surface area contributed by atoms with Crippen molar-refractivity contribution in [2.75, 3.05) is 43.2 Å². The van der Waals surface area contributed by atoms with E-state index in [1.165, 1.54) is 19.9 Å². The lowest BCUT2D eigenvalue weighted by Crippen LogP contribution is -2.38. The Kier molecular flexibility index (Phi) is 5.67. The second-order valence-electron chi connectivity index (χ2n) is 7.47. The summed E-state index contributed by atoms with van der Waals surface area (Å²) < 4.78 is 69.5. The Morgan fingerprint density at radius 3 is 2.33 bits per heavy atom. The number of anilines is 2. The molecule has 1 aliphatic heterocycles. The first-order valence-corrected chi connectivity index (χ1v) is 10.9. The Hall–Kier alpha value is -2.47. The Morgan fingerprint density at radius 2 is 1.77 bits per heavy atom. The number of ether oxygens (including phenoxy) is 1. The maximum absolute atomic E-state index is 13.6. The van der Waals surface area contributed by atoms with Crippen LogP contribution in [0.3, 0.4) is 0 Å². The summed E-state index contributed by atoms with van der Waals surface area (Å²) in [4.78, 5) is 14.2. The minimum Gasteiger partial charge on any atom is -0.384 e. The zero-order valence-electron chi connectivity index (χ0n) is 16.7. The molecule has 0 saturated carbocycles. The quantitative estimate of drug-likeness (QED) is 0.763. The van der Waals surface area contributed by atoms with Crippen LogP contribution < -0.4 is 10.6 Å². The second kappa shape index (κ2) is 7.65. The highest BCUT2D eigenvalue weighted by molar-refractivity contribution is 7.91. The van der Waals surface area contributed by atoms with E-state index in [-0.39, 0.29) is 28.7 Å². The van der Waals surface area contributed by atoms with Gasteiger partial charge in [0.05, 0.1) is 30.2 Å². The van der Waals surface area contributed by atoms with E-state index in [4.69, 9.17) is 10.5 Å². The molecule has 1 fully saturated rings. The van der Waals surface area contributed by atoms with Gasteiger partial charge in [-0.05, 0) is 26.0 Å². The molecule has 0 atom stereocenters. The Balaban J connectivity index is 2.26. The van der Waals surface area contributed by atoms with Gasteiger partial charge in [-0.3, -0.25) is 0 Å². The average Bonchev–Trinajstić information content (AvgIpc) is 2.66. The highest BCUT2D eigenvalue weighted by Gasteiger charge is 2.38. The molecule has 0 aliphatic carbocycles. The van der Waals surface area contributed by atoms with Crippen LogP contribution >= 0.6 is 0 Å². The van der Waals surface area contributed by atoms with Gasteiger partial charge in [-0.15, -0.1) is 0 Å². The van der Waals surface area contributed by atoms with E-state index >= 15 is 0 Å². The van der Waals surface area contributed by atoms with Crippen LogP contribution in [0.4, 0.5) is 24.9 Å². The van der Waals surface area contributed by atoms with E-state index in [2.05, 4.69) is 15.0 Å².